The fraction of sp³-hybridized carbons (Fsp3) is 0.538. The predicted molar refractivity (Wildman–Crippen MR) is 91.8 cm³/mol. The van der Waals surface area contributed by atoms with Crippen LogP contribution in [0.5, 0.6) is 11.5 Å². The summed E-state index contributed by atoms with van der Waals surface area (Å²) in [6.07, 6.45) is 0. The number of hydrogen-bond donors (Lipinski definition) is 3. The predicted octanol–water partition coefficient (Wildman–Crippen LogP) is 1.91. The maximum Gasteiger partial charge on any atom is 0.527 e. The van der Waals surface area contributed by atoms with Crippen molar-refractivity contribution in [2.24, 2.45) is 0 Å². The Bertz CT molecular complexity index is 472. The summed E-state index contributed by atoms with van der Waals surface area (Å²) >= 11 is 0. The molecular weight excluding hydrogens is 328 g/mol. The molecule has 0 saturated carbocycles. The van der Waals surface area contributed by atoms with Gasteiger partial charge in [-0.2, -0.15) is 9.90 Å². The fourth-order valence-electron chi connectivity index (χ4n) is 1.59. The molecule has 130 valence electrons. The summed E-state index contributed by atoms with van der Waals surface area (Å²) in [4.78, 5) is 9.65. The third kappa shape index (κ3) is 7.05. The van der Waals surface area contributed by atoms with Crippen LogP contribution < -0.4 is 14.6 Å². The summed E-state index contributed by atoms with van der Waals surface area (Å²) in [5, 5.41) is 12.1. The normalized spacial score (nSPS) is 12.6. The van der Waals surface area contributed by atoms with Crippen LogP contribution in [0.15, 0.2) is 12.1 Å². The van der Waals surface area contributed by atoms with Gasteiger partial charge in [-0.25, -0.2) is 4.57 Å². The number of aliphatic hydroxyl groups is 1. The lowest BCUT2D eigenvalue weighted by Crippen LogP contribution is -2.14. The highest BCUT2D eigenvalue weighted by molar-refractivity contribution is 7.47. The van der Waals surface area contributed by atoms with Crippen molar-refractivity contribution in [3.63, 3.8) is 0 Å². The van der Waals surface area contributed by atoms with Crippen molar-refractivity contribution in [3.05, 3.63) is 23.3 Å². The van der Waals surface area contributed by atoms with E-state index < -0.39 is 7.82 Å². The van der Waals surface area contributed by atoms with Crippen LogP contribution in [0.2, 0.25) is 0 Å². The zero-order valence-electron chi connectivity index (χ0n) is 12.5. The molecule has 1 rings (SSSR count). The van der Waals surface area contributed by atoms with Crippen LogP contribution in [-0.4, -0.2) is 37.3 Å². The summed E-state index contributed by atoms with van der Waals surface area (Å²) in [6.45, 7) is 1.90. The molecule has 2 unspecified atom stereocenters. The van der Waals surface area contributed by atoms with Gasteiger partial charge in [-0.05, 0) is 31.7 Å². The summed E-state index contributed by atoms with van der Waals surface area (Å²) < 4.78 is 26.7. The minimum atomic E-state index is -4.27. The monoisotopic (exact) mass is 355 g/mol. The van der Waals surface area contributed by atoms with Crippen LogP contribution in [0.3, 0.4) is 0 Å². The van der Waals surface area contributed by atoms with Crippen molar-refractivity contribution in [1.82, 2.24) is 5.32 Å². The van der Waals surface area contributed by atoms with Crippen LogP contribution in [0.4, 0.5) is 0 Å². The maximum atomic E-state index is 11.8. The Morgan fingerprint density at radius 2 is 2.00 bits per heavy atom. The number of nitrogens with one attached hydrogen (secondary N) is 1. The summed E-state index contributed by atoms with van der Waals surface area (Å²) in [5.41, 5.74) is 1.19. The van der Waals surface area contributed by atoms with E-state index in [9.17, 15) is 14.6 Å². The molecule has 22 heavy (non-hydrogen) atoms. The minimum Gasteiger partial charge on any atom is -0.493 e. The van der Waals surface area contributed by atoms with E-state index in [0.29, 0.717) is 12.1 Å². The molecule has 7 nitrogen and oxygen atoms in total. The van der Waals surface area contributed by atoms with E-state index in [1.807, 2.05) is 6.92 Å². The number of hydrogen-bond acceptors (Lipinski definition) is 6. The van der Waals surface area contributed by atoms with E-state index >= 15 is 0 Å². The second kappa shape index (κ2) is 10.9. The summed E-state index contributed by atoms with van der Waals surface area (Å²) in [5.74, 6) is 0.274. The van der Waals surface area contributed by atoms with Crippen molar-refractivity contribution < 1.29 is 28.3 Å². The molecule has 0 spiro atoms. The lowest BCUT2D eigenvalue weighted by molar-refractivity contribution is 0.200. The van der Waals surface area contributed by atoms with Gasteiger partial charge in [0.1, 0.15) is 0 Å². The van der Waals surface area contributed by atoms with E-state index in [2.05, 4.69) is 5.32 Å². The first-order chi connectivity index (χ1) is 9.43. The molecule has 0 heterocycles. The van der Waals surface area contributed by atoms with Gasteiger partial charge < -0.3 is 19.7 Å². The smallest absolute Gasteiger partial charge is 0.493 e. The topological polar surface area (TPSA) is 97.3 Å². The number of methoxy groups -OCH3 is 1. The number of ether oxygens (including phenoxy) is 1. The molecule has 1 aromatic rings. The van der Waals surface area contributed by atoms with Gasteiger partial charge >= 0.3 is 7.82 Å². The summed E-state index contributed by atoms with van der Waals surface area (Å²) in [7, 11) is -1.17. The van der Waals surface area contributed by atoms with Gasteiger partial charge in [-0.15, -0.1) is 0 Å². The first-order valence-corrected chi connectivity index (χ1v) is 7.53. The first kappa shape index (κ1) is 23.6. The molecule has 1 aromatic carbocycles. The minimum absolute atomic E-state index is 0. The number of aryl methyl sites for hydroxylation is 1. The fourth-order valence-corrected chi connectivity index (χ4v) is 2.40. The van der Waals surface area contributed by atoms with Crippen LogP contribution in [0.25, 0.3) is 0 Å². The quantitative estimate of drug-likeness (QED) is 0.484. The van der Waals surface area contributed by atoms with Gasteiger partial charge in [0.05, 0.1) is 20.3 Å². The highest BCUT2D eigenvalue weighted by atomic mass is 31.2. The standard InChI is InChI=1S/C12H20NO6P.CH4.H3P/c1-9-6-10(8-14)12(11(7-9)17-3)19-20(15,16)18-5-4-13-2;;/h6-7,13-14H,4-5,8H2,1-3H3,(H,15,16);1H4;1H3. The maximum absolute atomic E-state index is 11.8. The van der Waals surface area contributed by atoms with Crippen molar-refractivity contribution in [2.45, 2.75) is 21.0 Å². The van der Waals surface area contributed by atoms with Crippen molar-refractivity contribution in [1.29, 1.82) is 0 Å². The van der Waals surface area contributed by atoms with Crippen LogP contribution in [0, 0.1) is 6.92 Å². The highest BCUT2D eigenvalue weighted by Crippen LogP contribution is 2.48. The number of benzene rings is 1. The Labute approximate surface area is 135 Å². The van der Waals surface area contributed by atoms with E-state index in [1.54, 1.807) is 19.2 Å². The molecule has 0 fully saturated rings. The number of phosphoric acid groups is 1. The Morgan fingerprint density at radius 1 is 1.36 bits per heavy atom. The molecule has 9 heteroatoms. The van der Waals surface area contributed by atoms with Crippen molar-refractivity contribution in [3.8, 4) is 11.5 Å². The van der Waals surface area contributed by atoms with Gasteiger partial charge in [-0.1, -0.05) is 7.43 Å². The third-order valence-electron chi connectivity index (χ3n) is 2.48. The molecule has 3 N–H and O–H groups in total. The van der Waals surface area contributed by atoms with E-state index in [0.717, 1.165) is 5.56 Å². The third-order valence-corrected chi connectivity index (χ3v) is 3.40. The number of rotatable bonds is 8. The molecule has 0 saturated heterocycles. The molecule has 0 aliphatic heterocycles. The molecule has 0 aliphatic carbocycles. The van der Waals surface area contributed by atoms with Gasteiger partial charge in [0.15, 0.2) is 11.5 Å². The molecule has 0 aliphatic rings. The van der Waals surface area contributed by atoms with Crippen LogP contribution in [0.1, 0.15) is 18.6 Å². The van der Waals surface area contributed by atoms with Crippen molar-refractivity contribution in [2.75, 3.05) is 27.3 Å². The van der Waals surface area contributed by atoms with Gasteiger partial charge in [-0.3, -0.25) is 9.42 Å². The number of phosphoric ester groups is 1. The average Bonchev–Trinajstić information content (AvgIpc) is 2.40. The lowest BCUT2D eigenvalue weighted by atomic mass is 10.1. The Kier molecular flexibility index (Phi) is 11.7. The molecule has 0 bridgehead atoms. The second-order valence-corrected chi connectivity index (χ2v) is 5.49. The van der Waals surface area contributed by atoms with Gasteiger partial charge in [0, 0.05) is 12.1 Å². The zero-order valence-corrected chi connectivity index (χ0v) is 14.8. The van der Waals surface area contributed by atoms with Crippen molar-refractivity contribution >= 4 is 17.7 Å². The molecule has 0 radical (unpaired) electrons. The molecule has 0 aromatic heterocycles. The Balaban J connectivity index is 0. The lowest BCUT2D eigenvalue weighted by Gasteiger charge is -2.18. The van der Waals surface area contributed by atoms with E-state index in [1.165, 1.54) is 7.11 Å². The van der Waals surface area contributed by atoms with Crippen LogP contribution in [-0.2, 0) is 15.7 Å². The SMILES string of the molecule is C.CNCCOP(=O)(O)Oc1c(CO)cc(C)cc1OC.P. The molecule has 2 atom stereocenters. The van der Waals surface area contributed by atoms with Gasteiger partial charge in [0.25, 0.3) is 0 Å². The van der Waals surface area contributed by atoms with Crippen LogP contribution >= 0.6 is 17.7 Å². The van der Waals surface area contributed by atoms with E-state index in [-0.39, 0.29) is 42.0 Å². The number of aliphatic hydroxyl groups excluding tert-OH is 1. The summed E-state index contributed by atoms with van der Waals surface area (Å²) in [6, 6.07) is 3.29. The Morgan fingerprint density at radius 3 is 2.50 bits per heavy atom. The average molecular weight is 355 g/mol. The first-order valence-electron chi connectivity index (χ1n) is 6.03. The zero-order chi connectivity index (χ0) is 15.2. The second-order valence-electron chi connectivity index (χ2n) is 4.11. The van der Waals surface area contributed by atoms with E-state index in [4.69, 9.17) is 13.8 Å². The highest BCUT2D eigenvalue weighted by Gasteiger charge is 2.26. The molecule has 0 amide bonds. The number of likely N-dealkylation sites (N-methyl/N-ethyl adjacent to an activating group) is 1. The van der Waals surface area contributed by atoms with Gasteiger partial charge in [0.2, 0.25) is 0 Å². The Hall–Kier alpha value is -0.680. The largest absolute Gasteiger partial charge is 0.527 e. The molecular formula is C13H27NO6P2.